The van der Waals surface area contributed by atoms with Gasteiger partial charge in [-0.2, -0.15) is 0 Å². The van der Waals surface area contributed by atoms with E-state index in [1.807, 2.05) is 0 Å². The van der Waals surface area contributed by atoms with E-state index in [-0.39, 0.29) is 0 Å². The molecular weight excluding hydrogens is 171 g/mol. The van der Waals surface area contributed by atoms with Gasteiger partial charge in [0.1, 0.15) is 0 Å². The second-order valence-electron chi connectivity index (χ2n) is 2.55. The Balaban J connectivity index is 0. The molecule has 2 nitrogen and oxygen atoms in total. The molecule has 4 heteroatoms. The minimum absolute atomic E-state index is 0.625. The maximum Gasteiger partial charge on any atom is 0.00127 e. The van der Waals surface area contributed by atoms with E-state index in [4.69, 9.17) is 0 Å². The molecule has 10 heavy (non-hydrogen) atoms. The maximum atomic E-state index is 4.51. The number of hydrogen-bond donors (Lipinski definition) is 2. The largest absolute Gasteiger partial charge is 0.312 e. The Morgan fingerprint density at radius 3 is 1.10 bits per heavy atom. The average Bonchev–Trinajstić information content (AvgIpc) is 1.62. The first kappa shape index (κ1) is 13.1. The summed E-state index contributed by atoms with van der Waals surface area (Å²) in [7, 11) is 0. The second kappa shape index (κ2) is 9.50. The SMILES string of the molecule is CC(C)NC(C)C.ClNCl. The highest BCUT2D eigenvalue weighted by molar-refractivity contribution is 6.33. The Bertz CT molecular complexity index is 51.7. The number of halogens is 2. The highest BCUT2D eigenvalue weighted by Gasteiger charge is 1.92. The summed E-state index contributed by atoms with van der Waals surface area (Å²) in [5.41, 5.74) is 0. The van der Waals surface area contributed by atoms with Crippen molar-refractivity contribution in [2.24, 2.45) is 0 Å². The Kier molecular flexibility index (Phi) is 12.5. The van der Waals surface area contributed by atoms with E-state index >= 15 is 0 Å². The van der Waals surface area contributed by atoms with Gasteiger partial charge in [0.25, 0.3) is 0 Å². The zero-order valence-corrected chi connectivity index (χ0v) is 8.42. The molecule has 0 radical (unpaired) electrons. The van der Waals surface area contributed by atoms with Crippen molar-refractivity contribution in [3.05, 3.63) is 0 Å². The molecular formula is C6H16Cl2N2. The van der Waals surface area contributed by atoms with Crippen LogP contribution >= 0.6 is 23.6 Å². The van der Waals surface area contributed by atoms with Gasteiger partial charge in [-0.25, -0.2) is 0 Å². The molecule has 0 aliphatic heterocycles. The van der Waals surface area contributed by atoms with Gasteiger partial charge < -0.3 is 5.32 Å². The van der Waals surface area contributed by atoms with E-state index in [1.54, 1.807) is 4.35 Å². The Morgan fingerprint density at radius 2 is 1.10 bits per heavy atom. The van der Waals surface area contributed by atoms with Gasteiger partial charge in [-0.3, -0.25) is 0 Å². The van der Waals surface area contributed by atoms with E-state index in [0.717, 1.165) is 0 Å². The van der Waals surface area contributed by atoms with Gasteiger partial charge in [-0.1, -0.05) is 27.7 Å². The Hall–Kier alpha value is 0.500. The van der Waals surface area contributed by atoms with Crippen LogP contribution in [0.4, 0.5) is 0 Å². The third-order valence-corrected chi connectivity index (χ3v) is 0.667. The van der Waals surface area contributed by atoms with Gasteiger partial charge in [0.2, 0.25) is 0 Å². The van der Waals surface area contributed by atoms with Crippen molar-refractivity contribution in [3.63, 3.8) is 0 Å². The van der Waals surface area contributed by atoms with Crippen LogP contribution in [0.15, 0.2) is 0 Å². The predicted octanol–water partition coefficient (Wildman–Crippen LogP) is 2.28. The lowest BCUT2D eigenvalue weighted by Gasteiger charge is -2.10. The van der Waals surface area contributed by atoms with Gasteiger partial charge in [-0.15, -0.1) is 4.35 Å². The summed E-state index contributed by atoms with van der Waals surface area (Å²) in [6, 6.07) is 1.25. The van der Waals surface area contributed by atoms with E-state index in [2.05, 4.69) is 56.6 Å². The van der Waals surface area contributed by atoms with E-state index in [1.165, 1.54) is 0 Å². The molecule has 0 aromatic heterocycles. The van der Waals surface area contributed by atoms with Crippen LogP contribution in [0, 0.1) is 0 Å². The molecule has 64 valence electrons. The van der Waals surface area contributed by atoms with Crippen LogP contribution in [0.5, 0.6) is 0 Å². The lowest BCUT2D eigenvalue weighted by atomic mass is 10.3. The topological polar surface area (TPSA) is 24.1 Å². The van der Waals surface area contributed by atoms with Gasteiger partial charge >= 0.3 is 0 Å². The minimum Gasteiger partial charge on any atom is -0.312 e. The molecule has 0 saturated heterocycles. The number of nitrogens with one attached hydrogen (secondary N) is 2. The molecule has 0 bridgehead atoms. The molecule has 2 N–H and O–H groups in total. The van der Waals surface area contributed by atoms with Gasteiger partial charge in [0.05, 0.1) is 0 Å². The molecule has 0 atom stereocenters. The van der Waals surface area contributed by atoms with Crippen LogP contribution in [0.25, 0.3) is 0 Å². The van der Waals surface area contributed by atoms with Crippen molar-refractivity contribution in [3.8, 4) is 0 Å². The van der Waals surface area contributed by atoms with Crippen LogP contribution < -0.4 is 9.67 Å². The number of rotatable bonds is 2. The summed E-state index contributed by atoms with van der Waals surface area (Å²) in [6.45, 7) is 8.61. The second-order valence-corrected chi connectivity index (χ2v) is 3.12. The molecule has 0 aliphatic rings. The lowest BCUT2D eigenvalue weighted by molar-refractivity contribution is 0.518. The summed E-state index contributed by atoms with van der Waals surface area (Å²) in [5.74, 6) is 0. The molecule has 0 aromatic rings. The summed E-state index contributed by atoms with van der Waals surface area (Å²) in [4.78, 5) is 0. The molecule has 0 unspecified atom stereocenters. The minimum atomic E-state index is 0.625. The Morgan fingerprint density at radius 1 is 0.900 bits per heavy atom. The summed E-state index contributed by atoms with van der Waals surface area (Å²) in [6.07, 6.45) is 0. The fraction of sp³-hybridized carbons (Fsp3) is 1.00. The molecule has 0 aromatic carbocycles. The van der Waals surface area contributed by atoms with Gasteiger partial charge in [0.15, 0.2) is 0 Å². The summed E-state index contributed by atoms with van der Waals surface area (Å²) in [5, 5.41) is 3.31. The van der Waals surface area contributed by atoms with Crippen molar-refractivity contribution in [2.75, 3.05) is 0 Å². The zero-order chi connectivity index (χ0) is 8.57. The van der Waals surface area contributed by atoms with E-state index < -0.39 is 0 Å². The van der Waals surface area contributed by atoms with E-state index in [9.17, 15) is 0 Å². The summed E-state index contributed by atoms with van der Waals surface area (Å²) >= 11 is 9.03. The first-order chi connectivity index (χ1) is 4.54. The third-order valence-electron chi connectivity index (χ3n) is 0.667. The normalized spacial score (nSPS) is 9.60. The van der Waals surface area contributed by atoms with Crippen molar-refractivity contribution in [2.45, 2.75) is 39.8 Å². The molecule has 0 heterocycles. The fourth-order valence-electron chi connectivity index (χ4n) is 0.667. The first-order valence-electron chi connectivity index (χ1n) is 3.26. The molecule has 0 saturated carbocycles. The van der Waals surface area contributed by atoms with E-state index in [0.29, 0.717) is 12.1 Å². The highest BCUT2D eigenvalue weighted by Crippen LogP contribution is 1.80. The van der Waals surface area contributed by atoms with Crippen molar-refractivity contribution < 1.29 is 0 Å². The van der Waals surface area contributed by atoms with Gasteiger partial charge in [-0.05, 0) is 23.6 Å². The fourth-order valence-corrected chi connectivity index (χ4v) is 0.667. The van der Waals surface area contributed by atoms with Crippen molar-refractivity contribution >= 4 is 23.6 Å². The van der Waals surface area contributed by atoms with Crippen LogP contribution in [0.3, 0.4) is 0 Å². The molecule has 0 spiro atoms. The average molecular weight is 187 g/mol. The quantitative estimate of drug-likeness (QED) is 0.648. The monoisotopic (exact) mass is 186 g/mol. The van der Waals surface area contributed by atoms with Gasteiger partial charge in [0, 0.05) is 12.1 Å². The third kappa shape index (κ3) is 23.6. The molecule has 0 amide bonds. The highest BCUT2D eigenvalue weighted by atomic mass is 35.5. The van der Waals surface area contributed by atoms with Crippen LogP contribution in [-0.4, -0.2) is 12.1 Å². The number of hydrogen-bond acceptors (Lipinski definition) is 2. The van der Waals surface area contributed by atoms with Crippen LogP contribution in [0.2, 0.25) is 0 Å². The maximum absolute atomic E-state index is 4.51. The lowest BCUT2D eigenvalue weighted by Crippen LogP contribution is -2.29. The predicted molar refractivity (Wildman–Crippen MR) is 48.2 cm³/mol. The van der Waals surface area contributed by atoms with Crippen molar-refractivity contribution in [1.29, 1.82) is 0 Å². The zero-order valence-electron chi connectivity index (χ0n) is 6.91. The van der Waals surface area contributed by atoms with Crippen LogP contribution in [-0.2, 0) is 0 Å². The standard InChI is InChI=1S/C6H15N.Cl2HN/c1-5(2)7-6(3)4;1-3-2/h5-7H,1-4H3;3H. The first-order valence-corrected chi connectivity index (χ1v) is 4.02. The molecule has 0 fully saturated rings. The van der Waals surface area contributed by atoms with Crippen molar-refractivity contribution in [1.82, 2.24) is 9.67 Å². The Labute approximate surface area is 73.5 Å². The van der Waals surface area contributed by atoms with Crippen LogP contribution in [0.1, 0.15) is 27.7 Å². The molecule has 0 rings (SSSR count). The molecule has 0 aliphatic carbocycles. The smallest absolute Gasteiger partial charge is 0.00127 e. The summed E-state index contributed by atoms with van der Waals surface area (Å²) < 4.78 is 1.69.